The maximum absolute atomic E-state index is 10.0. The van der Waals surface area contributed by atoms with Crippen LogP contribution in [-0.2, 0) is 0 Å². The highest BCUT2D eigenvalue weighted by Crippen LogP contribution is 2.27. The van der Waals surface area contributed by atoms with Crippen molar-refractivity contribution in [3.63, 3.8) is 0 Å². The molecular weight excluding hydrogens is 366 g/mol. The highest BCUT2D eigenvalue weighted by Gasteiger charge is 2.21. The van der Waals surface area contributed by atoms with Crippen molar-refractivity contribution in [2.75, 3.05) is 50.4 Å². The number of aliphatic imine (C=N–C) groups is 1. The highest BCUT2D eigenvalue weighted by molar-refractivity contribution is 8.00. The van der Waals surface area contributed by atoms with Gasteiger partial charge in [-0.25, -0.2) is 4.98 Å². The molecule has 1 aliphatic rings. The van der Waals surface area contributed by atoms with Gasteiger partial charge >= 0.3 is 0 Å². The van der Waals surface area contributed by atoms with Crippen LogP contribution < -0.4 is 10.2 Å². The van der Waals surface area contributed by atoms with Gasteiger partial charge in [0.1, 0.15) is 10.1 Å². The molecule has 6 nitrogen and oxygen atoms in total. The summed E-state index contributed by atoms with van der Waals surface area (Å²) < 4.78 is 1.13. The molecule has 3 rings (SSSR count). The fourth-order valence-electron chi connectivity index (χ4n) is 2.94. The molecule has 8 heteroatoms. The Kier molecular flexibility index (Phi) is 7.02. The molecule has 26 heavy (non-hydrogen) atoms. The Balaban J connectivity index is 1.40. The maximum Gasteiger partial charge on any atom is 0.193 e. The molecule has 140 valence electrons. The van der Waals surface area contributed by atoms with Gasteiger partial charge in [-0.3, -0.25) is 4.99 Å². The number of phenolic OH excluding ortho intramolecular Hbond substituents is 1. The third-order valence-corrected chi connectivity index (χ3v) is 6.31. The number of nitrogens with one attached hydrogen (secondary N) is 1. The van der Waals surface area contributed by atoms with E-state index in [1.54, 1.807) is 29.2 Å². The summed E-state index contributed by atoms with van der Waals surface area (Å²) in [5.41, 5.74) is 0.911. The SMILES string of the molecule is CN=C(NCCCSc1nccs1)N1CCN(c2ccccc2O)CC1. The number of anilines is 1. The lowest BCUT2D eigenvalue weighted by Gasteiger charge is -2.37. The quantitative estimate of drug-likeness (QED) is 0.342. The highest BCUT2D eigenvalue weighted by atomic mass is 32.2. The summed E-state index contributed by atoms with van der Waals surface area (Å²) in [5.74, 6) is 2.36. The topological polar surface area (TPSA) is 64.0 Å². The number of thiazole rings is 1. The van der Waals surface area contributed by atoms with Gasteiger partial charge in [0, 0.05) is 57.1 Å². The first-order chi connectivity index (χ1) is 12.8. The van der Waals surface area contributed by atoms with Crippen LogP contribution in [0.3, 0.4) is 0 Å². The Labute approximate surface area is 163 Å². The number of nitrogens with zero attached hydrogens (tertiary/aromatic N) is 4. The molecule has 0 atom stereocenters. The molecule has 0 amide bonds. The minimum Gasteiger partial charge on any atom is -0.506 e. The largest absolute Gasteiger partial charge is 0.506 e. The van der Waals surface area contributed by atoms with Gasteiger partial charge < -0.3 is 20.2 Å². The molecule has 1 aliphatic heterocycles. The van der Waals surface area contributed by atoms with Crippen LogP contribution in [0.4, 0.5) is 5.69 Å². The predicted molar refractivity (Wildman–Crippen MR) is 111 cm³/mol. The number of thioether (sulfide) groups is 1. The zero-order chi connectivity index (χ0) is 18.2. The van der Waals surface area contributed by atoms with E-state index in [9.17, 15) is 5.11 Å². The predicted octanol–water partition coefficient (Wildman–Crippen LogP) is 2.73. The first-order valence-corrected chi connectivity index (χ1v) is 10.7. The summed E-state index contributed by atoms with van der Waals surface area (Å²) >= 11 is 3.50. The van der Waals surface area contributed by atoms with Crippen molar-refractivity contribution in [3.8, 4) is 5.75 Å². The van der Waals surface area contributed by atoms with Gasteiger partial charge in [-0.05, 0) is 18.6 Å². The maximum atomic E-state index is 10.0. The van der Waals surface area contributed by atoms with Crippen molar-refractivity contribution < 1.29 is 5.11 Å². The van der Waals surface area contributed by atoms with E-state index in [-0.39, 0.29) is 0 Å². The molecular formula is C18H25N5OS2. The van der Waals surface area contributed by atoms with Gasteiger partial charge in [0.15, 0.2) is 5.96 Å². The first kappa shape index (κ1) is 18.8. The number of phenols is 1. The van der Waals surface area contributed by atoms with Gasteiger partial charge in [0.2, 0.25) is 0 Å². The van der Waals surface area contributed by atoms with Crippen LogP contribution in [0.15, 0.2) is 45.2 Å². The van der Waals surface area contributed by atoms with E-state index in [0.29, 0.717) is 5.75 Å². The Morgan fingerprint density at radius 1 is 1.31 bits per heavy atom. The number of piperazine rings is 1. The summed E-state index contributed by atoms with van der Waals surface area (Å²) in [4.78, 5) is 13.2. The van der Waals surface area contributed by atoms with Gasteiger partial charge in [-0.1, -0.05) is 23.9 Å². The number of aromatic hydroxyl groups is 1. The minimum absolute atomic E-state index is 0.348. The Hall–Kier alpha value is -1.93. The van der Waals surface area contributed by atoms with Crippen LogP contribution in [0.5, 0.6) is 5.75 Å². The molecule has 0 radical (unpaired) electrons. The lowest BCUT2D eigenvalue weighted by molar-refractivity contribution is 0.370. The number of aromatic nitrogens is 1. The van der Waals surface area contributed by atoms with Crippen LogP contribution in [-0.4, -0.2) is 66.5 Å². The van der Waals surface area contributed by atoms with Crippen LogP contribution in [0.2, 0.25) is 0 Å². The third-order valence-electron chi connectivity index (χ3n) is 4.25. The number of hydrogen-bond donors (Lipinski definition) is 2. The van der Waals surface area contributed by atoms with Crippen molar-refractivity contribution in [1.29, 1.82) is 0 Å². The second-order valence-corrected chi connectivity index (χ2v) is 8.17. The van der Waals surface area contributed by atoms with E-state index in [1.807, 2.05) is 36.8 Å². The number of benzene rings is 1. The van der Waals surface area contributed by atoms with Crippen molar-refractivity contribution >= 4 is 34.7 Å². The zero-order valence-electron chi connectivity index (χ0n) is 15.0. The van der Waals surface area contributed by atoms with Crippen molar-refractivity contribution in [3.05, 3.63) is 35.8 Å². The van der Waals surface area contributed by atoms with Crippen LogP contribution in [0.1, 0.15) is 6.42 Å². The first-order valence-electron chi connectivity index (χ1n) is 8.79. The van der Waals surface area contributed by atoms with E-state index >= 15 is 0 Å². The molecule has 0 aliphatic carbocycles. The molecule has 1 saturated heterocycles. The van der Waals surface area contributed by atoms with Crippen LogP contribution >= 0.6 is 23.1 Å². The summed E-state index contributed by atoms with van der Waals surface area (Å²) in [7, 11) is 1.84. The van der Waals surface area contributed by atoms with E-state index in [0.717, 1.165) is 60.9 Å². The van der Waals surface area contributed by atoms with Crippen LogP contribution in [0.25, 0.3) is 0 Å². The summed E-state index contributed by atoms with van der Waals surface area (Å²) in [5, 5.41) is 15.5. The molecule has 2 aromatic rings. The molecule has 0 saturated carbocycles. The average molecular weight is 392 g/mol. The standard InChI is InChI=1S/C18H25N5OS2/c1-19-17(20-7-4-13-25-18-21-8-14-26-18)23-11-9-22(10-12-23)15-5-2-3-6-16(15)24/h2-3,5-6,8,14,24H,4,7,9-13H2,1H3,(H,19,20). The number of rotatable bonds is 6. The Morgan fingerprint density at radius 3 is 2.81 bits per heavy atom. The van der Waals surface area contributed by atoms with Crippen LogP contribution in [0, 0.1) is 0 Å². The zero-order valence-corrected chi connectivity index (χ0v) is 16.6. The number of para-hydroxylation sites is 2. The summed E-state index contributed by atoms with van der Waals surface area (Å²) in [6.45, 7) is 4.44. The average Bonchev–Trinajstić information content (AvgIpc) is 3.19. The van der Waals surface area contributed by atoms with E-state index in [4.69, 9.17) is 0 Å². The molecule has 1 aromatic heterocycles. The summed E-state index contributed by atoms with van der Waals surface area (Å²) in [6.07, 6.45) is 2.92. The van der Waals surface area contributed by atoms with Gasteiger partial charge in [-0.15, -0.1) is 11.3 Å². The fourth-order valence-corrected chi connectivity index (χ4v) is 4.58. The molecule has 0 spiro atoms. The van der Waals surface area contributed by atoms with Crippen molar-refractivity contribution in [1.82, 2.24) is 15.2 Å². The van der Waals surface area contributed by atoms with E-state index < -0.39 is 0 Å². The molecule has 1 fully saturated rings. The van der Waals surface area contributed by atoms with E-state index in [2.05, 4.69) is 25.1 Å². The van der Waals surface area contributed by atoms with Gasteiger partial charge in [-0.2, -0.15) is 0 Å². The van der Waals surface area contributed by atoms with Gasteiger partial charge in [0.05, 0.1) is 5.69 Å². The monoisotopic (exact) mass is 391 g/mol. The number of guanidine groups is 1. The second-order valence-electron chi connectivity index (χ2n) is 5.94. The molecule has 0 bridgehead atoms. The fraction of sp³-hybridized carbons (Fsp3) is 0.444. The third kappa shape index (κ3) is 5.04. The molecule has 2 heterocycles. The minimum atomic E-state index is 0.348. The lowest BCUT2D eigenvalue weighted by Crippen LogP contribution is -2.52. The second kappa shape index (κ2) is 9.68. The smallest absolute Gasteiger partial charge is 0.193 e. The Morgan fingerprint density at radius 2 is 2.12 bits per heavy atom. The van der Waals surface area contributed by atoms with Crippen molar-refractivity contribution in [2.24, 2.45) is 4.99 Å². The number of hydrogen-bond acceptors (Lipinski definition) is 6. The van der Waals surface area contributed by atoms with E-state index in [1.165, 1.54) is 0 Å². The lowest BCUT2D eigenvalue weighted by atomic mass is 10.2. The normalized spacial score (nSPS) is 15.3. The van der Waals surface area contributed by atoms with Crippen molar-refractivity contribution in [2.45, 2.75) is 10.8 Å². The molecule has 1 aromatic carbocycles. The molecule has 2 N–H and O–H groups in total. The van der Waals surface area contributed by atoms with Gasteiger partial charge in [0.25, 0.3) is 0 Å². The molecule has 0 unspecified atom stereocenters. The Bertz CT molecular complexity index is 699. The summed E-state index contributed by atoms with van der Waals surface area (Å²) in [6, 6.07) is 7.53.